The molecule has 1 fully saturated rings. The van der Waals surface area contributed by atoms with Crippen molar-refractivity contribution in [3.8, 4) is 11.3 Å². The molecule has 0 saturated carbocycles. The van der Waals surface area contributed by atoms with Crippen molar-refractivity contribution in [2.24, 2.45) is 0 Å². The Hall–Kier alpha value is -3.29. The van der Waals surface area contributed by atoms with Crippen LogP contribution < -0.4 is 11.1 Å². The summed E-state index contributed by atoms with van der Waals surface area (Å²) in [5.41, 5.74) is 9.47. The summed E-state index contributed by atoms with van der Waals surface area (Å²) in [5, 5.41) is 12.9. The Balaban J connectivity index is 1.40. The number of amides is 1. The highest BCUT2D eigenvalue weighted by atomic mass is 16.5. The summed E-state index contributed by atoms with van der Waals surface area (Å²) in [6, 6.07) is 16.2. The smallest absolute Gasteiger partial charge is 0.251 e. The van der Waals surface area contributed by atoms with Crippen molar-refractivity contribution < 1.29 is 14.6 Å². The average molecular weight is 404 g/mol. The van der Waals surface area contributed by atoms with Crippen molar-refractivity contribution >= 4 is 11.7 Å². The first-order valence-electron chi connectivity index (χ1n) is 9.97. The molecule has 1 aliphatic heterocycles. The Bertz CT molecular complexity index is 1000. The molecule has 0 aliphatic carbocycles. The van der Waals surface area contributed by atoms with Gasteiger partial charge in [0.25, 0.3) is 5.91 Å². The summed E-state index contributed by atoms with van der Waals surface area (Å²) in [4.78, 5) is 21.3. The first-order chi connectivity index (χ1) is 14.6. The average Bonchev–Trinajstić information content (AvgIpc) is 3.33. The summed E-state index contributed by atoms with van der Waals surface area (Å²) < 4.78 is 5.63. The lowest BCUT2D eigenvalue weighted by atomic mass is 10.1. The van der Waals surface area contributed by atoms with Gasteiger partial charge in [0, 0.05) is 24.3 Å². The van der Waals surface area contributed by atoms with Crippen LogP contribution in [-0.4, -0.2) is 34.1 Å². The fourth-order valence-corrected chi connectivity index (χ4v) is 3.47. The fraction of sp³-hybridized carbons (Fsp3) is 0.261. The number of nitrogen functional groups attached to an aromatic ring is 1. The summed E-state index contributed by atoms with van der Waals surface area (Å²) in [6.45, 7) is 0.869. The maximum atomic E-state index is 12.4. The summed E-state index contributed by atoms with van der Waals surface area (Å²) in [5.74, 6) is 0.0792. The highest BCUT2D eigenvalue weighted by Gasteiger charge is 2.21. The van der Waals surface area contributed by atoms with Crippen LogP contribution >= 0.6 is 0 Å². The molecule has 1 amide bonds. The number of benzene rings is 2. The van der Waals surface area contributed by atoms with Crippen molar-refractivity contribution in [2.75, 3.05) is 18.9 Å². The molecule has 2 aromatic carbocycles. The van der Waals surface area contributed by atoms with Gasteiger partial charge < -0.3 is 20.9 Å². The molecule has 1 unspecified atom stereocenters. The minimum Gasteiger partial charge on any atom is -0.387 e. The summed E-state index contributed by atoms with van der Waals surface area (Å²) in [7, 11) is 0. The first-order valence-corrected chi connectivity index (χ1v) is 9.97. The quantitative estimate of drug-likeness (QED) is 0.582. The van der Waals surface area contributed by atoms with E-state index in [9.17, 15) is 9.90 Å². The number of nitrogens with two attached hydrogens (primary N) is 1. The van der Waals surface area contributed by atoms with Gasteiger partial charge in [0.15, 0.2) is 0 Å². The number of aliphatic hydroxyl groups excluding tert-OH is 1. The number of hydrogen-bond donors (Lipinski definition) is 3. The van der Waals surface area contributed by atoms with E-state index >= 15 is 0 Å². The van der Waals surface area contributed by atoms with Gasteiger partial charge in [0.1, 0.15) is 17.6 Å². The van der Waals surface area contributed by atoms with E-state index in [0.717, 1.165) is 36.3 Å². The topological polar surface area (TPSA) is 110 Å². The molecule has 30 heavy (non-hydrogen) atoms. The van der Waals surface area contributed by atoms with Crippen molar-refractivity contribution in [1.82, 2.24) is 15.3 Å². The lowest BCUT2D eigenvalue weighted by Gasteiger charge is -2.13. The predicted molar refractivity (Wildman–Crippen MR) is 114 cm³/mol. The van der Waals surface area contributed by atoms with E-state index in [4.69, 9.17) is 10.5 Å². The number of aliphatic hydroxyl groups is 1. The third-order valence-electron chi connectivity index (χ3n) is 5.14. The van der Waals surface area contributed by atoms with Crippen LogP contribution in [-0.2, 0) is 4.74 Å². The van der Waals surface area contributed by atoms with Crippen molar-refractivity contribution in [1.29, 1.82) is 0 Å². The van der Waals surface area contributed by atoms with Crippen molar-refractivity contribution in [3.63, 3.8) is 0 Å². The SMILES string of the molecule is Nc1nc(C2CCCO2)cnc1-c1ccc(C(=O)NC[C@@H](O)c2ccccc2)cc1. The van der Waals surface area contributed by atoms with Crippen LogP contribution in [0.1, 0.15) is 46.7 Å². The standard InChI is InChI=1S/C23H24N4O3/c24-22-21(25-13-18(27-22)20-7-4-12-30-20)16-8-10-17(11-9-16)23(29)26-14-19(28)15-5-2-1-3-6-15/h1-3,5-6,8-11,13,19-20,28H,4,7,12,14H2,(H2,24,27)(H,26,29)/t19-,20?/m1/s1. The van der Waals surface area contributed by atoms with E-state index in [0.29, 0.717) is 17.1 Å². The molecule has 4 rings (SSSR count). The van der Waals surface area contributed by atoms with Gasteiger partial charge in [-0.3, -0.25) is 9.78 Å². The van der Waals surface area contributed by atoms with Crippen LogP contribution in [0.15, 0.2) is 60.8 Å². The van der Waals surface area contributed by atoms with Crippen LogP contribution in [0.5, 0.6) is 0 Å². The fourth-order valence-electron chi connectivity index (χ4n) is 3.47. The van der Waals surface area contributed by atoms with E-state index in [1.165, 1.54) is 0 Å². The molecular formula is C23H24N4O3. The zero-order valence-electron chi connectivity index (χ0n) is 16.5. The van der Waals surface area contributed by atoms with Gasteiger partial charge in [0.05, 0.1) is 18.0 Å². The van der Waals surface area contributed by atoms with Gasteiger partial charge in [-0.25, -0.2) is 4.98 Å². The van der Waals surface area contributed by atoms with E-state index in [2.05, 4.69) is 15.3 Å². The maximum Gasteiger partial charge on any atom is 0.251 e. The maximum absolute atomic E-state index is 12.4. The highest BCUT2D eigenvalue weighted by Crippen LogP contribution is 2.29. The molecule has 4 N–H and O–H groups in total. The first kappa shape index (κ1) is 20.0. The molecule has 2 heterocycles. The van der Waals surface area contributed by atoms with E-state index in [1.807, 2.05) is 30.3 Å². The van der Waals surface area contributed by atoms with Gasteiger partial charge in [-0.1, -0.05) is 42.5 Å². The number of nitrogens with one attached hydrogen (secondary N) is 1. The third-order valence-corrected chi connectivity index (χ3v) is 5.14. The molecule has 7 nitrogen and oxygen atoms in total. The van der Waals surface area contributed by atoms with Crippen molar-refractivity contribution in [3.05, 3.63) is 77.6 Å². The summed E-state index contributed by atoms with van der Waals surface area (Å²) in [6.07, 6.45) is 2.85. The number of hydrogen-bond acceptors (Lipinski definition) is 6. The molecule has 0 spiro atoms. The molecular weight excluding hydrogens is 380 g/mol. The van der Waals surface area contributed by atoms with Gasteiger partial charge in [-0.05, 0) is 30.5 Å². The Morgan fingerprint density at radius 3 is 2.63 bits per heavy atom. The molecule has 0 bridgehead atoms. The van der Waals surface area contributed by atoms with Gasteiger partial charge in [-0.2, -0.15) is 0 Å². The normalized spacial score (nSPS) is 16.9. The van der Waals surface area contributed by atoms with Crippen LogP contribution in [0, 0.1) is 0 Å². The number of carbonyl (C=O) groups excluding carboxylic acids is 1. The molecule has 1 saturated heterocycles. The largest absolute Gasteiger partial charge is 0.387 e. The molecule has 2 atom stereocenters. The molecule has 0 radical (unpaired) electrons. The monoisotopic (exact) mass is 404 g/mol. The number of carbonyl (C=O) groups is 1. The second-order valence-corrected chi connectivity index (χ2v) is 7.24. The van der Waals surface area contributed by atoms with E-state index < -0.39 is 6.10 Å². The van der Waals surface area contributed by atoms with Gasteiger partial charge >= 0.3 is 0 Å². The molecule has 1 aromatic heterocycles. The van der Waals surface area contributed by atoms with Crippen LogP contribution in [0.3, 0.4) is 0 Å². The number of ether oxygens (including phenoxy) is 1. The Morgan fingerprint density at radius 1 is 1.20 bits per heavy atom. The molecule has 3 aromatic rings. The highest BCUT2D eigenvalue weighted by molar-refractivity contribution is 5.94. The zero-order valence-corrected chi connectivity index (χ0v) is 16.5. The predicted octanol–water partition coefficient (Wildman–Crippen LogP) is 3.04. The lowest BCUT2D eigenvalue weighted by molar-refractivity contribution is 0.0916. The number of aromatic nitrogens is 2. The molecule has 7 heteroatoms. The van der Waals surface area contributed by atoms with Crippen LogP contribution in [0.4, 0.5) is 5.82 Å². The Kier molecular flexibility index (Phi) is 6.02. The van der Waals surface area contributed by atoms with Crippen molar-refractivity contribution in [2.45, 2.75) is 25.0 Å². The lowest BCUT2D eigenvalue weighted by Crippen LogP contribution is -2.28. The minimum absolute atomic E-state index is 0.0360. The van der Waals surface area contributed by atoms with Crippen LogP contribution in [0.25, 0.3) is 11.3 Å². The summed E-state index contributed by atoms with van der Waals surface area (Å²) >= 11 is 0. The Morgan fingerprint density at radius 2 is 1.97 bits per heavy atom. The minimum atomic E-state index is -0.758. The van der Waals surface area contributed by atoms with Crippen LogP contribution in [0.2, 0.25) is 0 Å². The second kappa shape index (κ2) is 9.02. The number of nitrogens with zero attached hydrogens (tertiary/aromatic N) is 2. The third kappa shape index (κ3) is 4.48. The second-order valence-electron chi connectivity index (χ2n) is 7.24. The van der Waals surface area contributed by atoms with Gasteiger partial charge in [0.2, 0.25) is 0 Å². The molecule has 154 valence electrons. The van der Waals surface area contributed by atoms with E-state index in [1.54, 1.807) is 30.5 Å². The van der Waals surface area contributed by atoms with E-state index in [-0.39, 0.29) is 18.6 Å². The zero-order chi connectivity index (χ0) is 20.9. The number of anilines is 1. The Labute approximate surface area is 174 Å². The van der Waals surface area contributed by atoms with Gasteiger partial charge in [-0.15, -0.1) is 0 Å². The number of rotatable bonds is 6. The molecule has 1 aliphatic rings.